The first kappa shape index (κ1) is 72.1. The van der Waals surface area contributed by atoms with Gasteiger partial charge in [-0.2, -0.15) is 0 Å². The van der Waals surface area contributed by atoms with Crippen LogP contribution < -0.4 is 43.0 Å². The Morgan fingerprint density at radius 1 is 0.547 bits per heavy atom. The Morgan fingerprint density at radius 2 is 1.03 bits per heavy atom. The highest BCUT2D eigenvalue weighted by molar-refractivity contribution is 5.99. The Morgan fingerprint density at radius 3 is 1.58 bits per heavy atom. The van der Waals surface area contributed by atoms with E-state index in [-0.39, 0.29) is 43.7 Å². The molecule has 2 aliphatic rings. The van der Waals surface area contributed by atoms with Gasteiger partial charge in [-0.25, -0.2) is 0 Å². The zero-order chi connectivity index (χ0) is 68.8. The van der Waals surface area contributed by atoms with E-state index < -0.39 is 125 Å². The number of nitrogens with zero attached hydrogens (tertiary/aromatic N) is 1. The van der Waals surface area contributed by atoms with Crippen molar-refractivity contribution in [3.63, 3.8) is 0 Å². The number of carbonyl (C=O) groups excluding carboxylic acids is 8. The number of amides is 8. The van der Waals surface area contributed by atoms with Gasteiger partial charge >= 0.3 is 0 Å². The van der Waals surface area contributed by atoms with E-state index in [0.29, 0.717) is 35.1 Å². The topological polar surface area (TPSA) is 284 Å². The van der Waals surface area contributed by atoms with E-state index in [2.05, 4.69) is 42.2 Å². The summed E-state index contributed by atoms with van der Waals surface area (Å²) >= 11 is 0. The number of carbonyl (C=O) groups is 8. The monoisotopic (exact) mass is 1300 g/mol. The van der Waals surface area contributed by atoms with Gasteiger partial charge in [0.2, 0.25) is 47.3 Å². The number of rotatable bonds is 30. The molecule has 1 aliphatic heterocycles. The summed E-state index contributed by atoms with van der Waals surface area (Å²) in [6.07, 6.45) is 1.97. The summed E-state index contributed by atoms with van der Waals surface area (Å²) in [6.45, 7) is 20.0. The van der Waals surface area contributed by atoms with E-state index in [1.165, 1.54) is 4.90 Å². The van der Waals surface area contributed by atoms with Gasteiger partial charge in [0.25, 0.3) is 0 Å². The van der Waals surface area contributed by atoms with Crippen LogP contribution >= 0.6 is 0 Å². The molecule has 2 heterocycles. The molecule has 0 radical (unpaired) electrons. The van der Waals surface area contributed by atoms with Crippen LogP contribution in [0.3, 0.4) is 0 Å². The first-order valence-electron chi connectivity index (χ1n) is 33.4. The van der Waals surface area contributed by atoms with Crippen LogP contribution in [-0.2, 0) is 66.2 Å². The third kappa shape index (κ3) is 19.7. The number of nitrogens with two attached hydrogens (primary N) is 1. The third-order valence-electron chi connectivity index (χ3n) is 17.4. The standard InChI is InChI=1S/C75H98N10O10/c1-46(2)41-57(76)66(87)82-64(48(4)94-73(6,7)8)71(92)81-59(42-50-27-16-12-17-28-50)69(90)83-65(49(5)95-74(9,10)11)72(93)85-40-26-37-62(85)70(91)80-61(68(89)79-60(67(88)78-47(3)51-38-39-51)43-52-45-77-58-36-25-24-35-56(52)58)44-63(86)84-75(53-29-18-13-19-30-53,54-31-20-14-21-32-54)55-33-22-15-23-34-55/h12-25,27-36,45-49,51,57,59-62,64-65,77H,26,37-44,76H2,1-11H3,(H,78,88)(H,79,89)(H,80,91)(H,81,92)(H,82,87)(H,83,90)(H,84,86)/t47?,48-,49-,57+,59+,60+,61+,62+,64+,65+/m1/s1. The van der Waals surface area contributed by atoms with Crippen molar-refractivity contribution in [2.45, 2.75) is 205 Å². The Balaban J connectivity index is 1.12. The number of likely N-dealkylation sites (tertiary alicyclic amines) is 1. The van der Waals surface area contributed by atoms with Gasteiger partial charge in [-0.05, 0) is 140 Å². The highest BCUT2D eigenvalue weighted by Gasteiger charge is 2.45. The molecule has 20 heteroatoms. The quantitative estimate of drug-likeness (QED) is 0.0198. The van der Waals surface area contributed by atoms with Crippen LogP contribution in [0.15, 0.2) is 152 Å². The van der Waals surface area contributed by atoms with Crippen molar-refractivity contribution in [2.24, 2.45) is 17.6 Å². The summed E-state index contributed by atoms with van der Waals surface area (Å²) in [4.78, 5) is 125. The molecule has 2 fully saturated rings. The summed E-state index contributed by atoms with van der Waals surface area (Å²) < 4.78 is 12.7. The number of para-hydroxylation sites is 1. The number of hydrogen-bond donors (Lipinski definition) is 9. The van der Waals surface area contributed by atoms with E-state index in [0.717, 1.165) is 29.3 Å². The van der Waals surface area contributed by atoms with E-state index >= 15 is 24.0 Å². The van der Waals surface area contributed by atoms with Crippen LogP contribution in [-0.4, -0.2) is 135 Å². The predicted octanol–water partition coefficient (Wildman–Crippen LogP) is 7.56. The molecule has 6 aromatic rings. The molecule has 10 atom stereocenters. The molecule has 95 heavy (non-hydrogen) atoms. The molecule has 1 unspecified atom stereocenters. The Labute approximate surface area is 559 Å². The second kappa shape index (κ2) is 32.1. The number of aromatic amines is 1. The van der Waals surface area contributed by atoms with Gasteiger partial charge in [0.15, 0.2) is 0 Å². The van der Waals surface area contributed by atoms with Crippen LogP contribution in [0.5, 0.6) is 0 Å². The summed E-state index contributed by atoms with van der Waals surface area (Å²) in [5.41, 5.74) is 7.81. The molecular formula is C75H98N10O10. The lowest BCUT2D eigenvalue weighted by Gasteiger charge is -2.37. The van der Waals surface area contributed by atoms with Gasteiger partial charge in [-0.15, -0.1) is 0 Å². The molecule has 5 aromatic carbocycles. The first-order chi connectivity index (χ1) is 45.1. The minimum Gasteiger partial charge on any atom is -0.370 e. The maximum Gasteiger partial charge on any atom is 0.248 e. The fourth-order valence-electron chi connectivity index (χ4n) is 12.7. The van der Waals surface area contributed by atoms with Gasteiger partial charge in [0.05, 0.1) is 35.9 Å². The number of ether oxygens (including phenoxy) is 2. The molecule has 10 N–H and O–H groups in total. The van der Waals surface area contributed by atoms with E-state index in [9.17, 15) is 14.4 Å². The molecular weight excluding hydrogens is 1200 g/mol. The van der Waals surface area contributed by atoms with Gasteiger partial charge < -0.3 is 62.3 Å². The summed E-state index contributed by atoms with van der Waals surface area (Å²) in [5.74, 6) is -5.07. The third-order valence-corrected chi connectivity index (χ3v) is 17.4. The van der Waals surface area contributed by atoms with Crippen molar-refractivity contribution < 1.29 is 47.8 Å². The number of fused-ring (bicyclic) bond motifs is 1. The lowest BCUT2D eigenvalue weighted by molar-refractivity contribution is -0.149. The normalized spacial score (nSPS) is 17.2. The Bertz CT molecular complexity index is 3470. The largest absolute Gasteiger partial charge is 0.370 e. The fraction of sp³-hybridized carbons (Fsp3) is 0.467. The molecule has 1 aliphatic carbocycles. The maximum absolute atomic E-state index is 15.6. The number of hydrogen-bond acceptors (Lipinski definition) is 11. The molecule has 8 amide bonds. The molecule has 1 aromatic heterocycles. The lowest BCUT2D eigenvalue weighted by atomic mass is 9.77. The summed E-state index contributed by atoms with van der Waals surface area (Å²) in [6, 6.07) is 35.6. The van der Waals surface area contributed by atoms with E-state index in [1.807, 2.05) is 163 Å². The number of nitrogens with one attached hydrogen (secondary N) is 8. The predicted molar refractivity (Wildman–Crippen MR) is 367 cm³/mol. The highest BCUT2D eigenvalue weighted by Crippen LogP contribution is 2.37. The molecule has 8 rings (SSSR count). The summed E-state index contributed by atoms with van der Waals surface area (Å²) in [7, 11) is 0. The van der Waals surface area contributed by atoms with Crippen LogP contribution in [0, 0.1) is 11.8 Å². The van der Waals surface area contributed by atoms with Crippen molar-refractivity contribution in [1.82, 2.24) is 47.1 Å². The minimum atomic E-state index is -1.63. The van der Waals surface area contributed by atoms with Crippen molar-refractivity contribution >= 4 is 58.2 Å². The SMILES string of the molecule is CC(C)C[C@H](N)C(=O)N[C@H](C(=O)N[C@@H](Cc1ccccc1)C(=O)N[C@H](C(=O)N1CCC[C@H]1C(=O)N[C@@H](CC(=O)NC(c1ccccc1)(c1ccccc1)c1ccccc1)C(=O)N[C@@H](Cc1c[nH]c2ccccc12)C(=O)NC(C)C1CC1)[C@@H](C)OC(C)(C)C)[C@@H](C)OC(C)(C)C. The van der Waals surface area contributed by atoms with Crippen LogP contribution in [0.1, 0.15) is 143 Å². The number of H-pyrrole nitrogens is 1. The second-order valence-corrected chi connectivity index (χ2v) is 27.9. The van der Waals surface area contributed by atoms with Crippen molar-refractivity contribution in [3.05, 3.63) is 180 Å². The zero-order valence-electron chi connectivity index (χ0n) is 56.8. The van der Waals surface area contributed by atoms with Crippen molar-refractivity contribution in [2.75, 3.05) is 6.54 Å². The summed E-state index contributed by atoms with van der Waals surface area (Å²) in [5, 5.41) is 21.8. The van der Waals surface area contributed by atoms with Gasteiger partial charge in [-0.1, -0.05) is 153 Å². The minimum absolute atomic E-state index is 0.0470. The molecule has 1 saturated carbocycles. The van der Waals surface area contributed by atoms with Gasteiger partial charge in [0, 0.05) is 42.5 Å². The Hall–Kier alpha value is -8.72. The lowest BCUT2D eigenvalue weighted by Crippen LogP contribution is -2.63. The van der Waals surface area contributed by atoms with Gasteiger partial charge in [0.1, 0.15) is 41.8 Å². The smallest absolute Gasteiger partial charge is 0.248 e. The molecule has 20 nitrogen and oxygen atoms in total. The van der Waals surface area contributed by atoms with E-state index in [4.69, 9.17) is 15.2 Å². The number of benzene rings is 5. The van der Waals surface area contributed by atoms with Crippen LogP contribution in [0.2, 0.25) is 0 Å². The highest BCUT2D eigenvalue weighted by atomic mass is 16.5. The zero-order valence-corrected chi connectivity index (χ0v) is 56.8. The molecule has 0 bridgehead atoms. The maximum atomic E-state index is 15.6. The van der Waals surface area contributed by atoms with Crippen LogP contribution in [0.4, 0.5) is 0 Å². The average molecular weight is 1300 g/mol. The fourth-order valence-corrected chi connectivity index (χ4v) is 12.7. The number of aromatic nitrogens is 1. The van der Waals surface area contributed by atoms with Gasteiger partial charge in [-0.3, -0.25) is 38.4 Å². The first-order valence-corrected chi connectivity index (χ1v) is 33.4. The average Bonchev–Trinajstić information content (AvgIpc) is 1.71. The second-order valence-electron chi connectivity index (χ2n) is 27.9. The van der Waals surface area contributed by atoms with E-state index in [1.54, 1.807) is 65.1 Å². The van der Waals surface area contributed by atoms with Crippen LogP contribution in [0.25, 0.3) is 10.9 Å². The van der Waals surface area contributed by atoms with Crippen molar-refractivity contribution in [3.8, 4) is 0 Å². The Kier molecular flexibility index (Phi) is 24.4. The molecule has 0 spiro atoms. The molecule has 1 saturated heterocycles. The molecule has 508 valence electrons. The van der Waals surface area contributed by atoms with Crippen molar-refractivity contribution in [1.29, 1.82) is 0 Å².